The SMILES string of the molecule is CC1C(=O)CCN(C2CCS(=O)(=O)C2)C1C. The fraction of sp³-hybridized carbons (Fsp3) is 0.909. The number of hydrogen-bond acceptors (Lipinski definition) is 4. The Balaban J connectivity index is 2.08. The van der Waals surface area contributed by atoms with E-state index in [4.69, 9.17) is 0 Å². The molecule has 92 valence electrons. The average molecular weight is 245 g/mol. The molecule has 4 nitrogen and oxygen atoms in total. The van der Waals surface area contributed by atoms with Gasteiger partial charge in [0.2, 0.25) is 0 Å². The summed E-state index contributed by atoms with van der Waals surface area (Å²) in [6, 6.07) is 0.315. The Bertz CT molecular complexity index is 390. The van der Waals surface area contributed by atoms with Gasteiger partial charge in [0.1, 0.15) is 5.78 Å². The van der Waals surface area contributed by atoms with Crippen molar-refractivity contribution in [2.24, 2.45) is 5.92 Å². The van der Waals surface area contributed by atoms with Crippen LogP contribution in [0.15, 0.2) is 0 Å². The second-order valence-electron chi connectivity index (χ2n) is 5.04. The van der Waals surface area contributed by atoms with Gasteiger partial charge in [0, 0.05) is 31.0 Å². The molecule has 0 amide bonds. The number of sulfone groups is 1. The van der Waals surface area contributed by atoms with E-state index in [1.807, 2.05) is 13.8 Å². The van der Waals surface area contributed by atoms with E-state index in [1.165, 1.54) is 0 Å². The van der Waals surface area contributed by atoms with E-state index in [0.29, 0.717) is 18.0 Å². The summed E-state index contributed by atoms with van der Waals surface area (Å²) in [6.07, 6.45) is 1.30. The number of likely N-dealkylation sites (tertiary alicyclic amines) is 1. The quantitative estimate of drug-likeness (QED) is 0.674. The summed E-state index contributed by atoms with van der Waals surface area (Å²) < 4.78 is 22.9. The number of ketones is 1. The van der Waals surface area contributed by atoms with Gasteiger partial charge in [0.15, 0.2) is 9.84 Å². The Labute approximate surface area is 96.9 Å². The predicted octanol–water partition coefficient (Wildman–Crippen LogP) is 0.473. The van der Waals surface area contributed by atoms with Crippen LogP contribution in [-0.2, 0) is 14.6 Å². The van der Waals surface area contributed by atoms with Crippen LogP contribution in [-0.4, -0.2) is 49.2 Å². The second-order valence-corrected chi connectivity index (χ2v) is 7.27. The molecule has 0 saturated carbocycles. The molecule has 0 bridgehead atoms. The molecule has 0 spiro atoms. The lowest BCUT2D eigenvalue weighted by molar-refractivity contribution is -0.128. The molecular formula is C11H19NO3S. The normalized spacial score (nSPS) is 40.1. The molecule has 3 unspecified atom stereocenters. The predicted molar refractivity (Wildman–Crippen MR) is 62.0 cm³/mol. The Kier molecular flexibility index (Phi) is 3.09. The third-order valence-corrected chi connectivity index (χ3v) is 5.80. The zero-order valence-corrected chi connectivity index (χ0v) is 10.7. The van der Waals surface area contributed by atoms with Gasteiger partial charge in [-0.2, -0.15) is 0 Å². The number of Topliss-reactive ketones (excluding diaryl/α,β-unsaturated/α-hetero) is 1. The molecule has 0 aliphatic carbocycles. The molecule has 0 radical (unpaired) electrons. The van der Waals surface area contributed by atoms with Crippen molar-refractivity contribution in [1.29, 1.82) is 0 Å². The molecule has 0 N–H and O–H groups in total. The number of hydrogen-bond donors (Lipinski definition) is 0. The van der Waals surface area contributed by atoms with Crippen molar-refractivity contribution >= 4 is 15.6 Å². The van der Waals surface area contributed by atoms with Crippen molar-refractivity contribution in [2.45, 2.75) is 38.8 Å². The molecule has 2 saturated heterocycles. The molecule has 3 atom stereocenters. The Morgan fingerprint density at radius 3 is 2.56 bits per heavy atom. The summed E-state index contributed by atoms with van der Waals surface area (Å²) in [4.78, 5) is 13.8. The zero-order valence-electron chi connectivity index (χ0n) is 9.85. The van der Waals surface area contributed by atoms with E-state index in [1.54, 1.807) is 0 Å². The van der Waals surface area contributed by atoms with Crippen molar-refractivity contribution in [1.82, 2.24) is 4.90 Å². The van der Waals surface area contributed by atoms with Crippen LogP contribution in [0.2, 0.25) is 0 Å². The summed E-state index contributed by atoms with van der Waals surface area (Å²) in [5.74, 6) is 0.934. The number of carbonyl (C=O) groups is 1. The van der Waals surface area contributed by atoms with Crippen LogP contribution in [0.25, 0.3) is 0 Å². The summed E-state index contributed by atoms with van der Waals surface area (Å²) in [5, 5.41) is 0. The summed E-state index contributed by atoms with van der Waals surface area (Å²) in [5.41, 5.74) is 0. The molecule has 0 aromatic rings. The highest BCUT2D eigenvalue weighted by atomic mass is 32.2. The lowest BCUT2D eigenvalue weighted by Crippen LogP contribution is -2.51. The van der Waals surface area contributed by atoms with Crippen LogP contribution in [0, 0.1) is 5.92 Å². The highest BCUT2D eigenvalue weighted by Crippen LogP contribution is 2.27. The van der Waals surface area contributed by atoms with E-state index in [2.05, 4.69) is 4.90 Å². The summed E-state index contributed by atoms with van der Waals surface area (Å²) >= 11 is 0. The van der Waals surface area contributed by atoms with Crippen molar-refractivity contribution in [3.63, 3.8) is 0 Å². The lowest BCUT2D eigenvalue weighted by atomic mass is 9.89. The molecule has 2 rings (SSSR count). The van der Waals surface area contributed by atoms with E-state index in [0.717, 1.165) is 13.0 Å². The number of piperidine rings is 1. The number of carbonyl (C=O) groups excluding carboxylic acids is 1. The number of rotatable bonds is 1. The fourth-order valence-electron chi connectivity index (χ4n) is 2.78. The summed E-state index contributed by atoms with van der Waals surface area (Å²) in [6.45, 7) is 4.71. The standard InChI is InChI=1S/C11H19NO3S/c1-8-9(2)12(5-3-11(8)13)10-4-6-16(14,15)7-10/h8-10H,3-7H2,1-2H3. The van der Waals surface area contributed by atoms with Crippen LogP contribution >= 0.6 is 0 Å². The smallest absolute Gasteiger partial charge is 0.151 e. The maximum atomic E-state index is 11.5. The van der Waals surface area contributed by atoms with Crippen LogP contribution in [0.3, 0.4) is 0 Å². The monoisotopic (exact) mass is 245 g/mol. The minimum atomic E-state index is -2.83. The molecule has 2 aliphatic heterocycles. The van der Waals surface area contributed by atoms with Crippen LogP contribution < -0.4 is 0 Å². The van der Waals surface area contributed by atoms with Crippen molar-refractivity contribution in [3.8, 4) is 0 Å². The third-order valence-electron chi connectivity index (χ3n) is 4.05. The van der Waals surface area contributed by atoms with Gasteiger partial charge in [-0.25, -0.2) is 8.42 Å². The Hall–Kier alpha value is -0.420. The zero-order chi connectivity index (χ0) is 11.9. The van der Waals surface area contributed by atoms with E-state index in [9.17, 15) is 13.2 Å². The Morgan fingerprint density at radius 2 is 2.00 bits per heavy atom. The van der Waals surface area contributed by atoms with Gasteiger partial charge in [-0.05, 0) is 13.3 Å². The molecule has 5 heteroatoms. The first-order valence-corrected chi connectivity index (χ1v) is 7.72. The first kappa shape index (κ1) is 12.0. The highest BCUT2D eigenvalue weighted by Gasteiger charge is 2.39. The van der Waals surface area contributed by atoms with E-state index < -0.39 is 9.84 Å². The lowest BCUT2D eigenvalue weighted by Gasteiger charge is -2.40. The van der Waals surface area contributed by atoms with E-state index >= 15 is 0 Å². The van der Waals surface area contributed by atoms with Gasteiger partial charge < -0.3 is 0 Å². The van der Waals surface area contributed by atoms with Gasteiger partial charge in [-0.1, -0.05) is 6.92 Å². The minimum absolute atomic E-state index is 0.0389. The van der Waals surface area contributed by atoms with Gasteiger partial charge >= 0.3 is 0 Å². The van der Waals surface area contributed by atoms with Crippen LogP contribution in [0.4, 0.5) is 0 Å². The largest absolute Gasteiger partial charge is 0.299 e. The van der Waals surface area contributed by atoms with Gasteiger partial charge in [-0.3, -0.25) is 9.69 Å². The topological polar surface area (TPSA) is 54.5 Å². The van der Waals surface area contributed by atoms with Crippen LogP contribution in [0.5, 0.6) is 0 Å². The van der Waals surface area contributed by atoms with Crippen molar-refractivity contribution < 1.29 is 13.2 Å². The van der Waals surface area contributed by atoms with Crippen molar-refractivity contribution in [3.05, 3.63) is 0 Å². The third kappa shape index (κ3) is 2.15. The maximum absolute atomic E-state index is 11.5. The summed E-state index contributed by atoms with van der Waals surface area (Å²) in [7, 11) is -2.83. The number of nitrogens with zero attached hydrogens (tertiary/aromatic N) is 1. The van der Waals surface area contributed by atoms with Gasteiger partial charge in [0.25, 0.3) is 0 Å². The Morgan fingerprint density at radius 1 is 1.31 bits per heavy atom. The van der Waals surface area contributed by atoms with E-state index in [-0.39, 0.29) is 23.8 Å². The molecular weight excluding hydrogens is 226 g/mol. The van der Waals surface area contributed by atoms with Gasteiger partial charge in [0.05, 0.1) is 11.5 Å². The molecule has 16 heavy (non-hydrogen) atoms. The molecule has 0 aromatic carbocycles. The molecule has 2 fully saturated rings. The fourth-order valence-corrected chi connectivity index (χ4v) is 4.52. The second kappa shape index (κ2) is 4.11. The molecule has 0 aromatic heterocycles. The first-order valence-electron chi connectivity index (χ1n) is 5.89. The van der Waals surface area contributed by atoms with Crippen molar-refractivity contribution in [2.75, 3.05) is 18.1 Å². The maximum Gasteiger partial charge on any atom is 0.151 e. The van der Waals surface area contributed by atoms with Crippen LogP contribution in [0.1, 0.15) is 26.7 Å². The minimum Gasteiger partial charge on any atom is -0.299 e. The van der Waals surface area contributed by atoms with Gasteiger partial charge in [-0.15, -0.1) is 0 Å². The first-order chi connectivity index (χ1) is 7.41. The average Bonchev–Trinajstić information content (AvgIpc) is 2.55. The highest BCUT2D eigenvalue weighted by molar-refractivity contribution is 7.91. The molecule has 2 heterocycles. The molecule has 2 aliphatic rings.